The predicted octanol–water partition coefficient (Wildman–Crippen LogP) is 2.41. The largest absolute Gasteiger partial charge is 0.481 e. The predicted molar refractivity (Wildman–Crippen MR) is 60.4 cm³/mol. The highest BCUT2D eigenvalue weighted by molar-refractivity contribution is 7.99. The van der Waals surface area contributed by atoms with Gasteiger partial charge < -0.3 is 10.2 Å². The van der Waals surface area contributed by atoms with Gasteiger partial charge in [0.2, 0.25) is 0 Å². The van der Waals surface area contributed by atoms with Gasteiger partial charge in [0.05, 0.1) is 17.5 Å². The van der Waals surface area contributed by atoms with E-state index in [1.54, 1.807) is 0 Å². The molecule has 0 amide bonds. The Morgan fingerprint density at radius 2 is 2.25 bits per heavy atom. The van der Waals surface area contributed by atoms with Gasteiger partial charge in [-0.05, 0) is 18.2 Å². The molecule has 0 radical (unpaired) electrons. The van der Waals surface area contributed by atoms with Crippen LogP contribution in [0.2, 0.25) is 5.02 Å². The fourth-order valence-electron chi connectivity index (χ4n) is 1.02. The van der Waals surface area contributed by atoms with Gasteiger partial charge in [0, 0.05) is 10.6 Å². The number of hydrogen-bond acceptors (Lipinski definition) is 3. The van der Waals surface area contributed by atoms with E-state index in [2.05, 4.69) is 0 Å². The monoisotopic (exact) mass is 264 g/mol. The highest BCUT2D eigenvalue weighted by Crippen LogP contribution is 2.24. The Labute approximate surface area is 101 Å². The standard InChI is InChI=1S/C10H10ClFO3S/c11-8-4-7(1-2-9(8)12)16-5-6(13)3-10(14)15/h1-2,4,6,13H,3,5H2,(H,14,15). The van der Waals surface area contributed by atoms with E-state index in [9.17, 15) is 14.3 Å². The molecule has 0 aliphatic carbocycles. The van der Waals surface area contributed by atoms with Crippen LogP contribution in [0.1, 0.15) is 6.42 Å². The normalized spacial score (nSPS) is 12.4. The molecule has 1 aromatic carbocycles. The summed E-state index contributed by atoms with van der Waals surface area (Å²) in [6.07, 6.45) is -1.23. The molecular weight excluding hydrogens is 255 g/mol. The van der Waals surface area contributed by atoms with E-state index in [0.29, 0.717) is 4.90 Å². The Balaban J connectivity index is 2.48. The van der Waals surface area contributed by atoms with Crippen molar-refractivity contribution in [2.45, 2.75) is 17.4 Å². The minimum absolute atomic E-state index is 0.0118. The second kappa shape index (κ2) is 6.08. The van der Waals surface area contributed by atoms with Crippen molar-refractivity contribution < 1.29 is 19.4 Å². The van der Waals surface area contributed by atoms with E-state index in [1.165, 1.54) is 30.0 Å². The van der Waals surface area contributed by atoms with Gasteiger partial charge in [-0.25, -0.2) is 4.39 Å². The Kier molecular flexibility index (Phi) is 5.05. The van der Waals surface area contributed by atoms with Crippen molar-refractivity contribution in [1.82, 2.24) is 0 Å². The van der Waals surface area contributed by atoms with E-state index in [0.717, 1.165) is 0 Å². The Morgan fingerprint density at radius 1 is 1.56 bits per heavy atom. The van der Waals surface area contributed by atoms with Gasteiger partial charge in [0.15, 0.2) is 0 Å². The minimum Gasteiger partial charge on any atom is -0.481 e. The molecule has 1 atom stereocenters. The number of benzene rings is 1. The van der Waals surface area contributed by atoms with Crippen molar-refractivity contribution >= 4 is 29.3 Å². The van der Waals surface area contributed by atoms with Crippen LogP contribution in [0.5, 0.6) is 0 Å². The van der Waals surface area contributed by atoms with E-state index < -0.39 is 17.9 Å². The molecule has 2 N–H and O–H groups in total. The topological polar surface area (TPSA) is 57.5 Å². The molecule has 0 spiro atoms. The molecule has 3 nitrogen and oxygen atoms in total. The molecule has 0 aliphatic rings. The fraction of sp³-hybridized carbons (Fsp3) is 0.300. The van der Waals surface area contributed by atoms with Crippen molar-refractivity contribution in [2.75, 3.05) is 5.75 Å². The van der Waals surface area contributed by atoms with Gasteiger partial charge >= 0.3 is 5.97 Å². The Bertz CT molecular complexity index is 386. The van der Waals surface area contributed by atoms with Gasteiger partial charge in [-0.15, -0.1) is 11.8 Å². The molecule has 0 aliphatic heterocycles. The molecule has 88 valence electrons. The SMILES string of the molecule is O=C(O)CC(O)CSc1ccc(F)c(Cl)c1. The molecule has 16 heavy (non-hydrogen) atoms. The van der Waals surface area contributed by atoms with Crippen LogP contribution in [0.15, 0.2) is 23.1 Å². The number of aliphatic hydroxyl groups excluding tert-OH is 1. The lowest BCUT2D eigenvalue weighted by Gasteiger charge is -2.07. The molecule has 6 heteroatoms. The lowest BCUT2D eigenvalue weighted by atomic mass is 10.3. The van der Waals surface area contributed by atoms with Crippen molar-refractivity contribution in [1.29, 1.82) is 0 Å². The summed E-state index contributed by atoms with van der Waals surface area (Å²) in [5.41, 5.74) is 0. The average molecular weight is 265 g/mol. The summed E-state index contributed by atoms with van der Waals surface area (Å²) in [6.45, 7) is 0. The molecule has 0 saturated carbocycles. The summed E-state index contributed by atoms with van der Waals surface area (Å²) in [6, 6.07) is 4.20. The third-order valence-electron chi connectivity index (χ3n) is 1.74. The maximum absolute atomic E-state index is 12.8. The molecule has 1 unspecified atom stereocenters. The highest BCUT2D eigenvalue weighted by Gasteiger charge is 2.10. The summed E-state index contributed by atoms with van der Waals surface area (Å²) in [7, 11) is 0. The number of thioether (sulfide) groups is 1. The average Bonchev–Trinajstić information content (AvgIpc) is 2.19. The number of aliphatic carboxylic acids is 1. The number of halogens is 2. The first-order valence-electron chi connectivity index (χ1n) is 4.46. The second-order valence-corrected chi connectivity index (χ2v) is 4.64. The lowest BCUT2D eigenvalue weighted by Crippen LogP contribution is -2.15. The van der Waals surface area contributed by atoms with Crippen LogP contribution in [-0.4, -0.2) is 28.0 Å². The molecule has 1 rings (SSSR count). The smallest absolute Gasteiger partial charge is 0.306 e. The molecule has 0 fully saturated rings. The Hall–Kier alpha value is -0.780. The van der Waals surface area contributed by atoms with Crippen molar-refractivity contribution in [3.63, 3.8) is 0 Å². The fourth-order valence-corrected chi connectivity index (χ4v) is 2.13. The van der Waals surface area contributed by atoms with Crippen LogP contribution in [0.4, 0.5) is 4.39 Å². The third-order valence-corrected chi connectivity index (χ3v) is 3.17. The summed E-state index contributed by atoms with van der Waals surface area (Å²) < 4.78 is 12.8. The summed E-state index contributed by atoms with van der Waals surface area (Å²) >= 11 is 6.80. The number of rotatable bonds is 5. The second-order valence-electron chi connectivity index (χ2n) is 3.14. The van der Waals surface area contributed by atoms with Gasteiger partial charge in [-0.2, -0.15) is 0 Å². The first-order valence-corrected chi connectivity index (χ1v) is 5.83. The van der Waals surface area contributed by atoms with Crippen LogP contribution in [0.25, 0.3) is 0 Å². The van der Waals surface area contributed by atoms with Crippen molar-refractivity contribution in [3.05, 3.63) is 29.0 Å². The van der Waals surface area contributed by atoms with Gasteiger partial charge in [0.25, 0.3) is 0 Å². The molecule has 0 aromatic heterocycles. The van der Waals surface area contributed by atoms with Crippen LogP contribution < -0.4 is 0 Å². The summed E-state index contributed by atoms with van der Waals surface area (Å²) in [5, 5.41) is 17.7. The van der Waals surface area contributed by atoms with Crippen LogP contribution in [-0.2, 0) is 4.79 Å². The van der Waals surface area contributed by atoms with Gasteiger partial charge in [0.1, 0.15) is 5.82 Å². The zero-order valence-corrected chi connectivity index (χ0v) is 9.76. The number of carboxylic acid groups (broad SMARTS) is 1. The first-order chi connectivity index (χ1) is 7.49. The van der Waals surface area contributed by atoms with Crippen molar-refractivity contribution in [2.24, 2.45) is 0 Å². The third kappa shape index (κ3) is 4.38. The lowest BCUT2D eigenvalue weighted by molar-refractivity contribution is -0.138. The Morgan fingerprint density at radius 3 is 2.81 bits per heavy atom. The number of aliphatic hydroxyl groups is 1. The molecule has 1 aromatic rings. The molecule has 0 bridgehead atoms. The molecule has 0 heterocycles. The van der Waals surface area contributed by atoms with Crippen LogP contribution in [0, 0.1) is 5.82 Å². The summed E-state index contributed by atoms with van der Waals surface area (Å²) in [4.78, 5) is 11.0. The number of carbonyl (C=O) groups is 1. The maximum Gasteiger partial charge on any atom is 0.306 e. The van der Waals surface area contributed by atoms with Gasteiger partial charge in [-0.3, -0.25) is 4.79 Å². The van der Waals surface area contributed by atoms with Gasteiger partial charge in [-0.1, -0.05) is 11.6 Å². The van der Waals surface area contributed by atoms with Crippen molar-refractivity contribution in [3.8, 4) is 0 Å². The zero-order valence-electron chi connectivity index (χ0n) is 8.19. The van der Waals surface area contributed by atoms with E-state index in [-0.39, 0.29) is 17.2 Å². The molecular formula is C10H10ClFO3S. The quantitative estimate of drug-likeness (QED) is 0.802. The van der Waals surface area contributed by atoms with Crippen LogP contribution in [0.3, 0.4) is 0 Å². The zero-order chi connectivity index (χ0) is 12.1. The molecule has 0 saturated heterocycles. The first kappa shape index (κ1) is 13.3. The number of hydrogen-bond donors (Lipinski definition) is 2. The summed E-state index contributed by atoms with van der Waals surface area (Å²) in [5.74, 6) is -1.32. The maximum atomic E-state index is 12.8. The highest BCUT2D eigenvalue weighted by atomic mass is 35.5. The van der Waals surface area contributed by atoms with E-state index in [4.69, 9.17) is 16.7 Å². The van der Waals surface area contributed by atoms with E-state index >= 15 is 0 Å². The van der Waals surface area contributed by atoms with Crippen LogP contribution >= 0.6 is 23.4 Å². The van der Waals surface area contributed by atoms with E-state index in [1.807, 2.05) is 0 Å². The minimum atomic E-state index is -1.05. The number of carboxylic acids is 1.